The number of amides is 1. The Morgan fingerprint density at radius 2 is 1.78 bits per heavy atom. The maximum Gasteiger partial charge on any atom is 0.259 e. The summed E-state index contributed by atoms with van der Waals surface area (Å²) in [5.74, 6) is 0.00692. The van der Waals surface area contributed by atoms with Gasteiger partial charge in [-0.15, -0.1) is 0 Å². The number of rotatable bonds is 4. The highest BCUT2D eigenvalue weighted by molar-refractivity contribution is 6.06. The Bertz CT molecular complexity index is 994. The Balaban J connectivity index is 1.61. The van der Waals surface area contributed by atoms with Crippen molar-refractivity contribution in [3.8, 4) is 0 Å². The van der Waals surface area contributed by atoms with Crippen molar-refractivity contribution in [3.05, 3.63) is 83.9 Å². The van der Waals surface area contributed by atoms with Crippen LogP contribution in [0, 0.1) is 0 Å². The number of nitrogens with one attached hydrogen (secondary N) is 2. The van der Waals surface area contributed by atoms with Crippen molar-refractivity contribution in [2.75, 3.05) is 23.3 Å². The number of anilines is 2. The van der Waals surface area contributed by atoms with Gasteiger partial charge < -0.3 is 15.5 Å². The van der Waals surface area contributed by atoms with Crippen molar-refractivity contribution in [2.24, 2.45) is 0 Å². The number of carbonyl (C=O) groups is 1. The van der Waals surface area contributed by atoms with Crippen molar-refractivity contribution in [1.82, 2.24) is 15.3 Å². The summed E-state index contributed by atoms with van der Waals surface area (Å²) in [6.45, 7) is 3.14. The van der Waals surface area contributed by atoms with E-state index in [4.69, 9.17) is 0 Å². The van der Waals surface area contributed by atoms with Crippen LogP contribution in [0.4, 0.5) is 11.4 Å². The van der Waals surface area contributed by atoms with E-state index in [1.807, 2.05) is 29.3 Å². The summed E-state index contributed by atoms with van der Waals surface area (Å²) in [7, 11) is 0. The first-order valence-electron chi connectivity index (χ1n) is 11.5. The smallest absolute Gasteiger partial charge is 0.259 e. The Labute approximate surface area is 190 Å². The molecule has 3 aromatic rings. The van der Waals surface area contributed by atoms with Crippen LogP contribution in [-0.2, 0) is 13.1 Å². The second kappa shape index (κ2) is 11.4. The molecule has 0 saturated heterocycles. The van der Waals surface area contributed by atoms with Crippen LogP contribution < -0.4 is 15.5 Å². The molecule has 0 fully saturated rings. The molecule has 0 unspecified atom stereocenters. The summed E-state index contributed by atoms with van der Waals surface area (Å²) in [5.41, 5.74) is 4.89. The lowest BCUT2D eigenvalue weighted by atomic mass is 10.1. The molecule has 0 saturated carbocycles. The van der Waals surface area contributed by atoms with Gasteiger partial charge in [0.15, 0.2) is 0 Å². The summed E-state index contributed by atoms with van der Waals surface area (Å²) in [6, 6.07) is 14.0. The number of pyridine rings is 2. The highest BCUT2D eigenvalue weighted by atomic mass is 16.2. The molecule has 6 heteroatoms. The van der Waals surface area contributed by atoms with E-state index >= 15 is 0 Å². The van der Waals surface area contributed by atoms with Gasteiger partial charge in [-0.2, -0.15) is 0 Å². The molecule has 2 N–H and O–H groups in total. The van der Waals surface area contributed by atoms with E-state index in [9.17, 15) is 4.79 Å². The largest absolute Gasteiger partial charge is 0.381 e. The zero-order valence-corrected chi connectivity index (χ0v) is 18.5. The van der Waals surface area contributed by atoms with Gasteiger partial charge in [-0.3, -0.25) is 14.8 Å². The van der Waals surface area contributed by atoms with Gasteiger partial charge in [-0.1, -0.05) is 25.3 Å². The van der Waals surface area contributed by atoms with Crippen LogP contribution in [0.15, 0.2) is 67.3 Å². The number of fused-ring (bicyclic) bond motifs is 1. The summed E-state index contributed by atoms with van der Waals surface area (Å²) in [6.07, 6.45) is 12.8. The van der Waals surface area contributed by atoms with Gasteiger partial charge in [0.25, 0.3) is 5.91 Å². The minimum absolute atomic E-state index is 0.00692. The first-order chi connectivity index (χ1) is 15.8. The van der Waals surface area contributed by atoms with Gasteiger partial charge >= 0.3 is 0 Å². The Hall–Kier alpha value is -3.25. The average Bonchev–Trinajstić information content (AvgIpc) is 2.84. The van der Waals surface area contributed by atoms with Crippen LogP contribution in [0.3, 0.4) is 0 Å². The van der Waals surface area contributed by atoms with E-state index in [2.05, 4.69) is 44.9 Å². The molecule has 1 aliphatic heterocycles. The first-order valence-corrected chi connectivity index (χ1v) is 11.5. The van der Waals surface area contributed by atoms with Gasteiger partial charge in [0.1, 0.15) is 0 Å². The highest BCUT2D eigenvalue weighted by Gasteiger charge is 2.21. The van der Waals surface area contributed by atoms with Crippen LogP contribution in [0.2, 0.25) is 0 Å². The summed E-state index contributed by atoms with van der Waals surface area (Å²) < 4.78 is 0. The lowest BCUT2D eigenvalue weighted by Crippen LogP contribution is -2.33. The molecule has 0 aliphatic carbocycles. The predicted molar refractivity (Wildman–Crippen MR) is 129 cm³/mol. The highest BCUT2D eigenvalue weighted by Crippen LogP contribution is 2.27. The maximum absolute atomic E-state index is 13.4. The van der Waals surface area contributed by atoms with Crippen LogP contribution in [-0.4, -0.2) is 29.0 Å². The van der Waals surface area contributed by atoms with Crippen molar-refractivity contribution >= 4 is 17.3 Å². The van der Waals surface area contributed by atoms with E-state index < -0.39 is 0 Å². The molecule has 0 atom stereocenters. The normalized spacial score (nSPS) is 15.2. The molecule has 1 aliphatic rings. The van der Waals surface area contributed by atoms with Crippen molar-refractivity contribution in [1.29, 1.82) is 0 Å². The number of hydrogen-bond acceptors (Lipinski definition) is 5. The van der Waals surface area contributed by atoms with Crippen LogP contribution in [0.25, 0.3) is 0 Å². The fourth-order valence-corrected chi connectivity index (χ4v) is 4.06. The molecular weight excluding hydrogens is 398 g/mol. The topological polar surface area (TPSA) is 70.2 Å². The predicted octanol–water partition coefficient (Wildman–Crippen LogP) is 4.79. The van der Waals surface area contributed by atoms with Gasteiger partial charge in [0.05, 0.1) is 5.56 Å². The van der Waals surface area contributed by atoms with E-state index in [1.54, 1.807) is 18.6 Å². The molecule has 6 nitrogen and oxygen atoms in total. The lowest BCUT2D eigenvalue weighted by Gasteiger charge is -2.27. The third-order valence-corrected chi connectivity index (χ3v) is 5.79. The molecule has 1 amide bonds. The zero-order chi connectivity index (χ0) is 22.0. The molecule has 1 aromatic carbocycles. The molecule has 4 rings (SSSR count). The molecule has 32 heavy (non-hydrogen) atoms. The molecular formula is C26H31N5O. The van der Waals surface area contributed by atoms with Gasteiger partial charge in [-0.25, -0.2) is 0 Å². The Morgan fingerprint density at radius 3 is 2.59 bits per heavy atom. The fourth-order valence-electron chi connectivity index (χ4n) is 4.06. The van der Waals surface area contributed by atoms with E-state index in [0.29, 0.717) is 18.7 Å². The third kappa shape index (κ3) is 5.92. The van der Waals surface area contributed by atoms with Gasteiger partial charge in [0, 0.05) is 55.8 Å². The number of hydrogen-bond donors (Lipinski definition) is 2. The van der Waals surface area contributed by atoms with Crippen LogP contribution in [0.1, 0.15) is 53.6 Å². The van der Waals surface area contributed by atoms with Crippen molar-refractivity contribution in [2.45, 2.75) is 45.2 Å². The molecule has 3 heterocycles. The zero-order valence-electron chi connectivity index (χ0n) is 18.5. The van der Waals surface area contributed by atoms with Gasteiger partial charge in [-0.05, 0) is 66.9 Å². The number of carbonyl (C=O) groups excluding carboxylic acids is 1. The van der Waals surface area contributed by atoms with Gasteiger partial charge in [0.2, 0.25) is 0 Å². The maximum atomic E-state index is 13.4. The fraction of sp³-hybridized carbons (Fsp3) is 0.346. The monoisotopic (exact) mass is 429 g/mol. The molecule has 2 aromatic heterocycles. The summed E-state index contributed by atoms with van der Waals surface area (Å²) in [4.78, 5) is 23.7. The molecule has 166 valence electrons. The van der Waals surface area contributed by atoms with E-state index in [0.717, 1.165) is 48.4 Å². The SMILES string of the molecule is O=C(c1cccnc1)N1CCCCCCCNCc2cc(NCc3cccnc3)ccc21. The summed E-state index contributed by atoms with van der Waals surface area (Å²) >= 11 is 0. The number of benzene rings is 1. The Morgan fingerprint density at radius 1 is 0.969 bits per heavy atom. The second-order valence-electron chi connectivity index (χ2n) is 8.20. The number of aromatic nitrogens is 2. The minimum Gasteiger partial charge on any atom is -0.381 e. The Kier molecular flexibility index (Phi) is 7.82. The van der Waals surface area contributed by atoms with Crippen LogP contribution >= 0.6 is 0 Å². The molecule has 0 bridgehead atoms. The lowest BCUT2D eigenvalue weighted by molar-refractivity contribution is 0.0986. The third-order valence-electron chi connectivity index (χ3n) is 5.79. The standard InChI is InChI=1S/C26H31N5O/c32-26(22-9-7-14-29-19-22)31-15-5-3-1-2-4-12-28-20-23-16-24(10-11-25(23)31)30-18-21-8-6-13-27-17-21/h6-11,13-14,16-17,19,28,30H,1-5,12,15,18,20H2. The minimum atomic E-state index is 0.00692. The quantitative estimate of drug-likeness (QED) is 0.624. The second-order valence-corrected chi connectivity index (χ2v) is 8.20. The molecule has 0 radical (unpaired) electrons. The molecule has 0 spiro atoms. The first kappa shape index (κ1) is 22.0. The van der Waals surface area contributed by atoms with E-state index in [-0.39, 0.29) is 5.91 Å². The summed E-state index contributed by atoms with van der Waals surface area (Å²) in [5, 5.41) is 7.06. The van der Waals surface area contributed by atoms with Crippen molar-refractivity contribution in [3.63, 3.8) is 0 Å². The van der Waals surface area contributed by atoms with E-state index in [1.165, 1.54) is 19.3 Å². The van der Waals surface area contributed by atoms with Crippen LogP contribution in [0.5, 0.6) is 0 Å². The average molecular weight is 430 g/mol. The van der Waals surface area contributed by atoms with Crippen molar-refractivity contribution < 1.29 is 4.79 Å². The number of nitrogens with zero attached hydrogens (tertiary/aromatic N) is 3.